The summed E-state index contributed by atoms with van der Waals surface area (Å²) in [6, 6.07) is 0. The molecule has 0 heterocycles. The Labute approximate surface area is 116 Å². The summed E-state index contributed by atoms with van der Waals surface area (Å²) in [4.78, 5) is 0. The van der Waals surface area contributed by atoms with Crippen LogP contribution in [0.4, 0.5) is 0 Å². The minimum Gasteiger partial charge on any atom is -0.705 e. The Morgan fingerprint density at radius 2 is 1.33 bits per heavy atom. The van der Waals surface area contributed by atoms with Gasteiger partial charge in [0.1, 0.15) is 0 Å². The molecule has 12 heavy (non-hydrogen) atoms. The van der Waals surface area contributed by atoms with Gasteiger partial charge >= 0.3 is 81.9 Å². The average molecular weight is 344 g/mol. The van der Waals surface area contributed by atoms with Gasteiger partial charge in [-0.1, -0.05) is 0 Å². The van der Waals surface area contributed by atoms with E-state index in [-0.39, 0.29) is 51.4 Å². The van der Waals surface area contributed by atoms with Crippen molar-refractivity contribution in [2.45, 2.75) is 0 Å². The van der Waals surface area contributed by atoms with Crippen LogP contribution in [0.2, 0.25) is 0 Å². The first-order chi connectivity index (χ1) is 4.56. The Hall–Kier alpha value is 2.04. The Balaban J connectivity index is -0.000000126. The molecule has 0 aromatic carbocycles. The maximum atomic E-state index is 9.02. The molecule has 0 aromatic heterocycles. The first kappa shape index (κ1) is 19.6. The smallest absolute Gasteiger partial charge is 0.705 e. The average Bonchev–Trinajstić information content (AvgIpc) is 1.59. The molecule has 0 amide bonds. The molecule has 0 saturated heterocycles. The first-order valence-corrected chi connectivity index (χ1v) is 6.45. The molecular weight excluding hydrogens is 342 g/mol. The van der Waals surface area contributed by atoms with Crippen LogP contribution in [-0.4, -0.2) is 16.4 Å². The van der Waals surface area contributed by atoms with Crippen LogP contribution in [0.25, 0.3) is 0 Å². The van der Waals surface area contributed by atoms with Crippen LogP contribution < -0.4 is 87.0 Å². The van der Waals surface area contributed by atoms with Crippen molar-refractivity contribution in [2.24, 2.45) is 0 Å². The number of rotatable bonds is 1. The molecule has 0 fully saturated rings. The van der Waals surface area contributed by atoms with Crippen molar-refractivity contribution in [3.05, 3.63) is 0 Å². The molecule has 0 unspecified atom stereocenters. The van der Waals surface area contributed by atoms with E-state index in [0.29, 0.717) is 0 Å². The SMILES string of the molecule is O=S(=O)(O)O[O-].[K+].[O-][I+3]([O-])([O-])O. The topological polar surface area (TPSA) is 176 Å². The van der Waals surface area contributed by atoms with Crippen molar-refractivity contribution in [1.82, 2.24) is 0 Å². The Kier molecular flexibility index (Phi) is 13.6. The first-order valence-electron chi connectivity index (χ1n) is 1.48. The standard InChI is InChI=1S/HIO4.K.H2O5S/c2-1(3,4)5;;1-5-6(2,3)4/h2H;;1H,(H,2,3,4)/q;+1;/p-1. The Morgan fingerprint density at radius 1 is 1.25 bits per heavy atom. The van der Waals surface area contributed by atoms with E-state index in [1.807, 2.05) is 0 Å². The van der Waals surface area contributed by atoms with Crippen LogP contribution in [0, 0.1) is 0 Å². The fourth-order valence-electron chi connectivity index (χ4n) is 0. The van der Waals surface area contributed by atoms with Crippen LogP contribution in [0.1, 0.15) is 0 Å². The van der Waals surface area contributed by atoms with Crippen LogP contribution >= 0.6 is 0 Å². The van der Waals surface area contributed by atoms with Crippen molar-refractivity contribution in [3.63, 3.8) is 0 Å². The Morgan fingerprint density at radius 3 is 1.33 bits per heavy atom. The predicted octanol–water partition coefficient (Wildman–Crippen LogP) is -12.0. The van der Waals surface area contributed by atoms with Gasteiger partial charge in [0.2, 0.25) is 0 Å². The molecule has 0 aliphatic rings. The summed E-state index contributed by atoms with van der Waals surface area (Å²) in [5, 5.41) is 8.61. The fourth-order valence-corrected chi connectivity index (χ4v) is 0. The third-order valence-electron chi connectivity index (χ3n) is 0.0860. The van der Waals surface area contributed by atoms with E-state index < -0.39 is 30.5 Å². The van der Waals surface area contributed by atoms with E-state index in [1.165, 1.54) is 0 Å². The van der Waals surface area contributed by atoms with E-state index >= 15 is 0 Å². The molecular formula is H2IKO9S. The van der Waals surface area contributed by atoms with E-state index in [4.69, 9.17) is 32.0 Å². The van der Waals surface area contributed by atoms with Crippen LogP contribution in [-0.2, 0) is 14.7 Å². The molecule has 70 valence electrons. The van der Waals surface area contributed by atoms with Crippen LogP contribution in [0.15, 0.2) is 0 Å². The summed E-state index contributed by atoms with van der Waals surface area (Å²) in [5.74, 6) is 0. The molecule has 2 N–H and O–H groups in total. The zero-order valence-electron chi connectivity index (χ0n) is 5.54. The molecule has 0 spiro atoms. The molecule has 0 rings (SSSR count). The van der Waals surface area contributed by atoms with Crippen LogP contribution in [0.5, 0.6) is 0 Å². The van der Waals surface area contributed by atoms with Gasteiger partial charge in [0.25, 0.3) is 0 Å². The number of hydrogen-bond donors (Lipinski definition) is 2. The minimum absolute atomic E-state index is 0. The zero-order chi connectivity index (χ0) is 9.71. The van der Waals surface area contributed by atoms with E-state index in [9.17, 15) is 0 Å². The number of hydrogen-bond acceptors (Lipinski definition) is 8. The summed E-state index contributed by atoms with van der Waals surface area (Å²) < 4.78 is 60.7. The van der Waals surface area contributed by atoms with Gasteiger partial charge in [0, 0.05) is 3.44 Å². The minimum atomic E-state index is -5.69. The summed E-state index contributed by atoms with van der Waals surface area (Å²) in [6.07, 6.45) is 0. The molecule has 0 aliphatic carbocycles. The van der Waals surface area contributed by atoms with Gasteiger partial charge in [-0.2, -0.15) is 8.42 Å². The van der Waals surface area contributed by atoms with Crippen molar-refractivity contribution in [1.29, 1.82) is 0 Å². The quantitative estimate of drug-likeness (QED) is 0.154. The van der Waals surface area contributed by atoms with E-state index in [1.54, 1.807) is 0 Å². The predicted molar refractivity (Wildman–Crippen MR) is 14.9 cm³/mol. The van der Waals surface area contributed by atoms with Crippen molar-refractivity contribution >= 4 is 10.4 Å². The molecule has 12 heteroatoms. The van der Waals surface area contributed by atoms with Gasteiger partial charge in [-0.15, -0.1) is 0 Å². The molecule has 0 radical (unpaired) electrons. The monoisotopic (exact) mass is 344 g/mol. The third kappa shape index (κ3) is 57.8. The van der Waals surface area contributed by atoms with E-state index in [2.05, 4.69) is 4.33 Å². The number of halogens is 1. The summed E-state index contributed by atoms with van der Waals surface area (Å²) in [5.41, 5.74) is 0. The largest absolute Gasteiger partial charge is 1.00 e. The zero-order valence-corrected chi connectivity index (χ0v) is 11.6. The molecule has 9 nitrogen and oxygen atoms in total. The maximum Gasteiger partial charge on any atom is 1.00 e. The second-order valence-electron chi connectivity index (χ2n) is 0.892. The van der Waals surface area contributed by atoms with Crippen molar-refractivity contribution in [2.75, 3.05) is 0 Å². The van der Waals surface area contributed by atoms with Gasteiger partial charge < -0.3 is 9.59 Å². The maximum absolute atomic E-state index is 9.02. The third-order valence-corrected chi connectivity index (χ3v) is 0.258. The summed E-state index contributed by atoms with van der Waals surface area (Å²) >= 11 is -5.69. The second kappa shape index (κ2) is 8.35. The van der Waals surface area contributed by atoms with Gasteiger partial charge in [0.05, 0.1) is 0 Å². The summed E-state index contributed by atoms with van der Waals surface area (Å²) in [6.45, 7) is 0. The van der Waals surface area contributed by atoms with Gasteiger partial charge in [0.15, 0.2) is 0 Å². The molecule has 0 atom stereocenters. The van der Waals surface area contributed by atoms with Gasteiger partial charge in [-0.3, -0.25) is 14.9 Å². The molecule has 0 aromatic rings. The molecule has 0 bridgehead atoms. The normalized spacial score (nSPS) is 10.8. The molecule has 0 aliphatic heterocycles. The van der Waals surface area contributed by atoms with E-state index in [0.717, 1.165) is 0 Å². The van der Waals surface area contributed by atoms with Crippen LogP contribution in [0.3, 0.4) is 0 Å². The van der Waals surface area contributed by atoms with Crippen molar-refractivity contribution in [3.8, 4) is 0 Å². The van der Waals surface area contributed by atoms with Crippen molar-refractivity contribution < 1.29 is 108 Å². The van der Waals surface area contributed by atoms with Gasteiger partial charge in [-0.25, -0.2) is 0 Å². The second-order valence-corrected chi connectivity index (χ2v) is 4.14. The Bertz CT molecular complexity index is 169. The summed E-state index contributed by atoms with van der Waals surface area (Å²) in [7, 11) is -4.72. The fraction of sp³-hybridized carbons (Fsp3) is 0. The molecule has 0 saturated carbocycles. The van der Waals surface area contributed by atoms with Gasteiger partial charge in [-0.05, 0) is 0 Å².